The molecule has 0 spiro atoms. The van der Waals surface area contributed by atoms with Crippen molar-refractivity contribution < 1.29 is 52.3 Å². The first kappa shape index (κ1) is 53.9. The van der Waals surface area contributed by atoms with Gasteiger partial charge in [0.2, 0.25) is 5.91 Å². The van der Waals surface area contributed by atoms with Gasteiger partial charge in [0.05, 0.1) is 39.5 Å². The molecular weight excluding hydrogens is 903 g/mol. The van der Waals surface area contributed by atoms with Crippen molar-refractivity contribution >= 4 is 23.9 Å². The molecule has 1 aliphatic heterocycles. The van der Waals surface area contributed by atoms with E-state index < -0.39 is 77.7 Å². The number of carbonyl (C=O) groups is 4. The van der Waals surface area contributed by atoms with Crippen LogP contribution in [0.5, 0.6) is 0 Å². The normalized spacial score (nSPS) is 19.5. The van der Waals surface area contributed by atoms with Crippen molar-refractivity contribution in [2.45, 2.75) is 135 Å². The van der Waals surface area contributed by atoms with Crippen molar-refractivity contribution in [3.63, 3.8) is 0 Å². The molecule has 14 nitrogen and oxygen atoms in total. The minimum absolute atomic E-state index is 0.0216. The third-order valence-corrected chi connectivity index (χ3v) is 11.2. The Morgan fingerprint density at radius 2 is 1.06 bits per heavy atom. The molecule has 5 aromatic rings. The van der Waals surface area contributed by atoms with Gasteiger partial charge in [0.25, 0.3) is 5.91 Å². The van der Waals surface area contributed by atoms with Gasteiger partial charge < -0.3 is 49.1 Å². The zero-order chi connectivity index (χ0) is 50.7. The van der Waals surface area contributed by atoms with Gasteiger partial charge in [0.15, 0.2) is 5.72 Å². The minimum Gasteiger partial charge on any atom is -0.458 e. The molecule has 0 saturated carbocycles. The Kier molecular flexibility index (Phi) is 19.9. The standard InChI is InChI=1S/C57H69N3O11/c1-55(2,3)70-53(63)46(59-54(64)71-56(4,5)6)33-22-34-58-48(61)35-57(60-52(62)45-31-20-11-21-32-45)51(68-39-44-29-18-10-19-30-44)50(67-38-43-27-16-9-17-28-43)49(66-37-42-25-14-8-15-26-42)47(69-57)40-65-36-41-23-12-7-13-24-41/h7-21,23-32,46-47,49-51H,22,33-40H2,1-6H3,(H,58,61)(H,59,64)(H,60,62)/t46-,47+,49+,50-,51+,57-/m0/s1. The van der Waals surface area contributed by atoms with Crippen LogP contribution in [0, 0.1) is 0 Å². The fourth-order valence-corrected chi connectivity index (χ4v) is 8.00. The van der Waals surface area contributed by atoms with Gasteiger partial charge in [-0.2, -0.15) is 0 Å². The highest BCUT2D eigenvalue weighted by molar-refractivity contribution is 5.95. The van der Waals surface area contributed by atoms with Crippen LogP contribution in [0.3, 0.4) is 0 Å². The first-order chi connectivity index (χ1) is 34.1. The molecule has 0 aromatic heterocycles. The molecule has 5 aromatic carbocycles. The number of carbonyl (C=O) groups excluding carboxylic acids is 4. The molecule has 6 atom stereocenters. The lowest BCUT2D eigenvalue weighted by atomic mass is 9.86. The van der Waals surface area contributed by atoms with Crippen LogP contribution in [0.1, 0.15) is 93.4 Å². The third-order valence-electron chi connectivity index (χ3n) is 11.2. The molecule has 3 N–H and O–H groups in total. The van der Waals surface area contributed by atoms with Gasteiger partial charge >= 0.3 is 12.1 Å². The minimum atomic E-state index is -1.90. The first-order valence-electron chi connectivity index (χ1n) is 24.2. The van der Waals surface area contributed by atoms with Gasteiger partial charge in [-0.3, -0.25) is 9.59 Å². The summed E-state index contributed by atoms with van der Waals surface area (Å²) in [7, 11) is 0. The van der Waals surface area contributed by atoms with E-state index >= 15 is 0 Å². The van der Waals surface area contributed by atoms with Crippen LogP contribution in [-0.4, -0.2) is 84.4 Å². The predicted octanol–water partition coefficient (Wildman–Crippen LogP) is 9.01. The highest BCUT2D eigenvalue weighted by Gasteiger charge is 2.58. The van der Waals surface area contributed by atoms with E-state index in [-0.39, 0.29) is 52.4 Å². The number of benzene rings is 5. The van der Waals surface area contributed by atoms with Crippen molar-refractivity contribution in [1.82, 2.24) is 16.0 Å². The lowest BCUT2D eigenvalue weighted by molar-refractivity contribution is -0.313. The molecule has 14 heteroatoms. The first-order valence-corrected chi connectivity index (χ1v) is 24.2. The molecular formula is C57H69N3O11. The van der Waals surface area contributed by atoms with Crippen LogP contribution in [0.4, 0.5) is 4.79 Å². The smallest absolute Gasteiger partial charge is 0.408 e. The summed E-state index contributed by atoms with van der Waals surface area (Å²) < 4.78 is 45.5. The number of hydrogen-bond acceptors (Lipinski definition) is 11. The molecule has 0 aliphatic carbocycles. The summed E-state index contributed by atoms with van der Waals surface area (Å²) in [6.07, 6.45) is -4.80. The van der Waals surface area contributed by atoms with Gasteiger partial charge in [-0.05, 0) is 88.8 Å². The van der Waals surface area contributed by atoms with Crippen LogP contribution < -0.4 is 16.0 Å². The summed E-state index contributed by atoms with van der Waals surface area (Å²) in [4.78, 5) is 55.5. The lowest BCUT2D eigenvalue weighted by Crippen LogP contribution is -2.73. The van der Waals surface area contributed by atoms with Crippen LogP contribution in [0.25, 0.3) is 0 Å². The van der Waals surface area contributed by atoms with Crippen molar-refractivity contribution in [3.8, 4) is 0 Å². The number of esters is 1. The van der Waals surface area contributed by atoms with E-state index in [0.29, 0.717) is 5.56 Å². The number of ether oxygens (including phenoxy) is 7. The largest absolute Gasteiger partial charge is 0.458 e. The van der Waals surface area contributed by atoms with Gasteiger partial charge in [0.1, 0.15) is 41.7 Å². The molecule has 3 amide bonds. The number of amides is 3. The molecule has 0 unspecified atom stereocenters. The van der Waals surface area contributed by atoms with Crippen molar-refractivity contribution in [2.75, 3.05) is 13.2 Å². The monoisotopic (exact) mass is 971 g/mol. The second-order valence-electron chi connectivity index (χ2n) is 19.5. The maximum Gasteiger partial charge on any atom is 0.408 e. The van der Waals surface area contributed by atoms with Gasteiger partial charge in [-0.15, -0.1) is 0 Å². The van der Waals surface area contributed by atoms with E-state index in [1.165, 1.54) is 0 Å². The lowest BCUT2D eigenvalue weighted by Gasteiger charge is -2.52. The van der Waals surface area contributed by atoms with E-state index in [1.807, 2.05) is 127 Å². The predicted molar refractivity (Wildman–Crippen MR) is 269 cm³/mol. The molecule has 378 valence electrons. The topological polar surface area (TPSA) is 169 Å². The van der Waals surface area contributed by atoms with E-state index in [0.717, 1.165) is 22.3 Å². The second-order valence-corrected chi connectivity index (χ2v) is 19.5. The fraction of sp³-hybridized carbons (Fsp3) is 0.404. The Labute approximate surface area is 418 Å². The molecule has 71 heavy (non-hydrogen) atoms. The number of hydrogen-bond donors (Lipinski definition) is 3. The summed E-state index contributed by atoms with van der Waals surface area (Å²) in [5.74, 6) is -1.66. The molecule has 1 saturated heterocycles. The number of nitrogens with one attached hydrogen (secondary N) is 3. The highest BCUT2D eigenvalue weighted by atomic mass is 16.6. The summed E-state index contributed by atoms with van der Waals surface area (Å²) in [6, 6.07) is 46.3. The van der Waals surface area contributed by atoms with Gasteiger partial charge in [0, 0.05) is 12.1 Å². The Morgan fingerprint density at radius 3 is 1.56 bits per heavy atom. The third kappa shape index (κ3) is 17.7. The quantitative estimate of drug-likeness (QED) is 0.0422. The number of rotatable bonds is 23. The Hall–Kier alpha value is -6.42. The van der Waals surface area contributed by atoms with Gasteiger partial charge in [-0.1, -0.05) is 140 Å². The van der Waals surface area contributed by atoms with Crippen molar-refractivity contribution in [1.29, 1.82) is 0 Å². The Morgan fingerprint density at radius 1 is 0.592 bits per heavy atom. The molecule has 0 radical (unpaired) electrons. The average Bonchev–Trinajstić information content (AvgIpc) is 3.34. The Bertz CT molecular complexity index is 2400. The summed E-state index contributed by atoms with van der Waals surface area (Å²) in [5, 5.41) is 8.77. The van der Waals surface area contributed by atoms with Crippen LogP contribution in [0.2, 0.25) is 0 Å². The number of alkyl carbamates (subject to hydrolysis) is 1. The van der Waals surface area contributed by atoms with Crippen LogP contribution in [0.15, 0.2) is 152 Å². The van der Waals surface area contributed by atoms with Crippen LogP contribution in [-0.2, 0) is 69.2 Å². The van der Waals surface area contributed by atoms with Gasteiger partial charge in [-0.25, -0.2) is 9.59 Å². The summed E-state index contributed by atoms with van der Waals surface area (Å²) in [6.45, 7) is 11.0. The average molecular weight is 972 g/mol. The van der Waals surface area contributed by atoms with Crippen LogP contribution >= 0.6 is 0 Å². The molecule has 1 aliphatic rings. The maximum atomic E-state index is 14.7. The van der Waals surface area contributed by atoms with Crippen molar-refractivity contribution in [2.24, 2.45) is 0 Å². The molecule has 1 heterocycles. The summed E-state index contributed by atoms with van der Waals surface area (Å²) >= 11 is 0. The zero-order valence-corrected chi connectivity index (χ0v) is 41.7. The van der Waals surface area contributed by atoms with E-state index in [1.54, 1.807) is 65.8 Å². The molecule has 1 fully saturated rings. The molecule has 6 rings (SSSR count). The molecule has 0 bridgehead atoms. The van der Waals surface area contributed by atoms with E-state index in [9.17, 15) is 19.2 Å². The van der Waals surface area contributed by atoms with E-state index in [2.05, 4.69) is 16.0 Å². The fourth-order valence-electron chi connectivity index (χ4n) is 8.00. The SMILES string of the molecule is CC(C)(C)OC(=O)N[C@@H](CCCNC(=O)C[C@]1(NC(=O)c2ccccc2)O[C@H](COCc2ccccc2)[C@@H](OCc2ccccc2)[C@H](OCc2ccccc2)[C@H]1OCc1ccccc1)C(=O)OC(C)(C)C. The summed E-state index contributed by atoms with van der Waals surface area (Å²) in [5.41, 5.74) is 0.336. The maximum absolute atomic E-state index is 14.7. The zero-order valence-electron chi connectivity index (χ0n) is 41.7. The Balaban J connectivity index is 1.37. The van der Waals surface area contributed by atoms with E-state index in [4.69, 9.17) is 33.2 Å². The second kappa shape index (κ2) is 26.1. The van der Waals surface area contributed by atoms with Crippen molar-refractivity contribution in [3.05, 3.63) is 179 Å². The highest BCUT2D eigenvalue weighted by Crippen LogP contribution is 2.38.